The molecule has 1 fully saturated rings. The van der Waals surface area contributed by atoms with E-state index in [4.69, 9.17) is 4.74 Å². The van der Waals surface area contributed by atoms with Crippen molar-refractivity contribution in [3.8, 4) is 0 Å². The van der Waals surface area contributed by atoms with Gasteiger partial charge in [0.1, 0.15) is 5.60 Å². The monoisotopic (exact) mass is 311 g/mol. The molecule has 0 bridgehead atoms. The lowest BCUT2D eigenvalue weighted by Gasteiger charge is -2.31. The summed E-state index contributed by atoms with van der Waals surface area (Å²) >= 11 is 0. The summed E-state index contributed by atoms with van der Waals surface area (Å²) in [5.74, 6) is 0.577. The van der Waals surface area contributed by atoms with Gasteiger partial charge in [-0.15, -0.1) is 6.58 Å². The van der Waals surface area contributed by atoms with E-state index >= 15 is 0 Å². The number of alkyl carbamates (subject to hydrolysis) is 1. The molecule has 128 valence electrons. The lowest BCUT2D eigenvalue weighted by molar-refractivity contribution is 0.0392. The van der Waals surface area contributed by atoms with Crippen LogP contribution in [0.1, 0.15) is 72.6 Å². The van der Waals surface area contributed by atoms with Gasteiger partial charge in [0.25, 0.3) is 0 Å². The smallest absolute Gasteiger partial charge is 0.407 e. The zero-order valence-electron chi connectivity index (χ0n) is 14.7. The average molecular weight is 311 g/mol. The maximum Gasteiger partial charge on any atom is 0.407 e. The molecule has 1 aliphatic carbocycles. The van der Waals surface area contributed by atoms with Gasteiger partial charge in [-0.05, 0) is 46.5 Å². The van der Waals surface area contributed by atoms with Crippen LogP contribution in [0, 0.1) is 5.92 Å². The molecule has 2 N–H and O–H groups in total. The van der Waals surface area contributed by atoms with E-state index in [1.165, 1.54) is 32.1 Å². The first-order valence-corrected chi connectivity index (χ1v) is 8.49. The van der Waals surface area contributed by atoms with Gasteiger partial charge < -0.3 is 15.2 Å². The fourth-order valence-electron chi connectivity index (χ4n) is 3.05. The van der Waals surface area contributed by atoms with Crippen LogP contribution >= 0.6 is 0 Å². The molecule has 1 saturated carbocycles. The summed E-state index contributed by atoms with van der Waals surface area (Å²) in [4.78, 5) is 12.0. The predicted molar refractivity (Wildman–Crippen MR) is 89.8 cm³/mol. The summed E-state index contributed by atoms with van der Waals surface area (Å²) in [5.41, 5.74) is 0.394. The summed E-state index contributed by atoms with van der Waals surface area (Å²) in [5, 5.41) is 13.3. The highest BCUT2D eigenvalue weighted by Gasteiger charge is 2.27. The minimum Gasteiger partial charge on any atom is -0.444 e. The van der Waals surface area contributed by atoms with Crippen LogP contribution in [0.25, 0.3) is 0 Å². The Kier molecular flexibility index (Phi) is 7.40. The molecule has 4 nitrogen and oxygen atoms in total. The lowest BCUT2D eigenvalue weighted by atomic mass is 9.83. The van der Waals surface area contributed by atoms with E-state index in [-0.39, 0.29) is 6.04 Å². The summed E-state index contributed by atoms with van der Waals surface area (Å²) < 4.78 is 5.33. The van der Waals surface area contributed by atoms with Crippen molar-refractivity contribution in [2.24, 2.45) is 5.92 Å². The maximum atomic E-state index is 12.0. The van der Waals surface area contributed by atoms with E-state index in [1.54, 1.807) is 0 Å². The third-order valence-corrected chi connectivity index (χ3v) is 4.04. The molecule has 1 aliphatic rings. The third-order valence-electron chi connectivity index (χ3n) is 4.04. The Labute approximate surface area is 135 Å². The van der Waals surface area contributed by atoms with Crippen LogP contribution < -0.4 is 5.32 Å². The molecule has 0 unspecified atom stereocenters. The van der Waals surface area contributed by atoms with E-state index in [0.29, 0.717) is 12.3 Å². The summed E-state index contributed by atoms with van der Waals surface area (Å²) in [6.45, 7) is 11.3. The SMILES string of the molecule is C=C(C)C[C@H](O)[C@H](CC1CCCCC1)NC(=O)OC(C)(C)C. The van der Waals surface area contributed by atoms with Crippen molar-refractivity contribution in [1.82, 2.24) is 5.32 Å². The topological polar surface area (TPSA) is 58.6 Å². The highest BCUT2D eigenvalue weighted by molar-refractivity contribution is 5.68. The van der Waals surface area contributed by atoms with Crippen molar-refractivity contribution in [3.05, 3.63) is 12.2 Å². The first-order chi connectivity index (χ1) is 10.2. The van der Waals surface area contributed by atoms with Crippen LogP contribution in [-0.4, -0.2) is 28.9 Å². The molecule has 0 heterocycles. The van der Waals surface area contributed by atoms with Crippen LogP contribution in [-0.2, 0) is 4.74 Å². The number of amides is 1. The minimum absolute atomic E-state index is 0.269. The number of hydrogen-bond acceptors (Lipinski definition) is 3. The third kappa shape index (κ3) is 7.83. The van der Waals surface area contributed by atoms with Gasteiger partial charge in [-0.2, -0.15) is 0 Å². The highest BCUT2D eigenvalue weighted by Crippen LogP contribution is 2.28. The molecule has 1 rings (SSSR count). The van der Waals surface area contributed by atoms with Crippen LogP contribution in [0.5, 0.6) is 0 Å². The number of nitrogens with one attached hydrogen (secondary N) is 1. The van der Waals surface area contributed by atoms with Gasteiger partial charge in [0.15, 0.2) is 0 Å². The van der Waals surface area contributed by atoms with Gasteiger partial charge in [-0.25, -0.2) is 4.79 Å². The summed E-state index contributed by atoms with van der Waals surface area (Å²) in [6, 6.07) is -0.269. The molecule has 0 spiro atoms. The number of ether oxygens (including phenoxy) is 1. The second kappa shape index (κ2) is 8.56. The minimum atomic E-state index is -0.605. The number of carbonyl (C=O) groups is 1. The average Bonchev–Trinajstić information content (AvgIpc) is 2.36. The highest BCUT2D eigenvalue weighted by atomic mass is 16.6. The van der Waals surface area contributed by atoms with Gasteiger partial charge in [-0.3, -0.25) is 0 Å². The van der Waals surface area contributed by atoms with Gasteiger partial charge in [0.05, 0.1) is 12.1 Å². The van der Waals surface area contributed by atoms with Gasteiger partial charge in [-0.1, -0.05) is 37.7 Å². The Morgan fingerprint density at radius 1 is 1.32 bits per heavy atom. The maximum absolute atomic E-state index is 12.0. The fraction of sp³-hybridized carbons (Fsp3) is 0.833. The Morgan fingerprint density at radius 3 is 2.41 bits per heavy atom. The Bertz CT molecular complexity index is 367. The summed E-state index contributed by atoms with van der Waals surface area (Å²) in [6.07, 6.45) is 6.44. The fourth-order valence-corrected chi connectivity index (χ4v) is 3.05. The molecule has 0 aromatic heterocycles. The Balaban J connectivity index is 2.63. The molecule has 0 radical (unpaired) electrons. The largest absolute Gasteiger partial charge is 0.444 e. The van der Waals surface area contributed by atoms with E-state index in [2.05, 4.69) is 11.9 Å². The Hall–Kier alpha value is -1.03. The molecular formula is C18H33NO3. The standard InChI is InChI=1S/C18H33NO3/c1-13(2)11-16(20)15(12-14-9-7-6-8-10-14)19-17(21)22-18(3,4)5/h14-16,20H,1,6-12H2,2-5H3,(H,19,21)/t15-,16-/m0/s1. The molecule has 4 heteroatoms. The predicted octanol–water partition coefficient (Wildman–Crippen LogP) is 4.18. The zero-order valence-corrected chi connectivity index (χ0v) is 14.7. The van der Waals surface area contributed by atoms with Crippen LogP contribution in [0.4, 0.5) is 4.79 Å². The van der Waals surface area contributed by atoms with Crippen molar-refractivity contribution in [3.63, 3.8) is 0 Å². The molecule has 0 aliphatic heterocycles. The van der Waals surface area contributed by atoms with Gasteiger partial charge in [0, 0.05) is 0 Å². The van der Waals surface area contributed by atoms with Crippen molar-refractivity contribution < 1.29 is 14.6 Å². The second-order valence-electron chi connectivity index (χ2n) is 7.72. The number of rotatable bonds is 6. The van der Waals surface area contributed by atoms with E-state index in [9.17, 15) is 9.90 Å². The lowest BCUT2D eigenvalue weighted by Crippen LogP contribution is -2.46. The van der Waals surface area contributed by atoms with Crippen molar-refractivity contribution in [2.45, 2.75) is 90.4 Å². The van der Waals surface area contributed by atoms with Crippen LogP contribution in [0.2, 0.25) is 0 Å². The van der Waals surface area contributed by atoms with Gasteiger partial charge in [0.2, 0.25) is 0 Å². The Morgan fingerprint density at radius 2 is 1.91 bits per heavy atom. The van der Waals surface area contributed by atoms with Crippen molar-refractivity contribution in [1.29, 1.82) is 0 Å². The number of hydrogen-bond donors (Lipinski definition) is 2. The summed E-state index contributed by atoms with van der Waals surface area (Å²) in [7, 11) is 0. The normalized spacial score (nSPS) is 19.3. The molecule has 0 aromatic rings. The molecule has 1 amide bonds. The first kappa shape index (κ1) is 19.0. The zero-order chi connectivity index (χ0) is 16.8. The van der Waals surface area contributed by atoms with Crippen LogP contribution in [0.3, 0.4) is 0 Å². The molecule has 0 saturated heterocycles. The van der Waals surface area contributed by atoms with Crippen molar-refractivity contribution in [2.75, 3.05) is 0 Å². The molecular weight excluding hydrogens is 278 g/mol. The first-order valence-electron chi connectivity index (χ1n) is 8.49. The molecule has 2 atom stereocenters. The van der Waals surface area contributed by atoms with Crippen molar-refractivity contribution >= 4 is 6.09 Å². The van der Waals surface area contributed by atoms with E-state index in [1.807, 2.05) is 27.7 Å². The van der Waals surface area contributed by atoms with E-state index in [0.717, 1.165) is 12.0 Å². The quantitative estimate of drug-likeness (QED) is 0.724. The van der Waals surface area contributed by atoms with E-state index < -0.39 is 17.8 Å². The molecule has 22 heavy (non-hydrogen) atoms. The van der Waals surface area contributed by atoms with Crippen LogP contribution in [0.15, 0.2) is 12.2 Å². The number of aliphatic hydroxyl groups excluding tert-OH is 1. The van der Waals surface area contributed by atoms with Gasteiger partial charge >= 0.3 is 6.09 Å². The number of carbonyl (C=O) groups excluding carboxylic acids is 1. The second-order valence-corrected chi connectivity index (χ2v) is 7.72. The molecule has 0 aromatic carbocycles. The number of aliphatic hydroxyl groups is 1.